The van der Waals surface area contributed by atoms with E-state index in [1.54, 1.807) is 0 Å². The summed E-state index contributed by atoms with van der Waals surface area (Å²) in [5, 5.41) is 1.17. The highest BCUT2D eigenvalue weighted by molar-refractivity contribution is 5.85. The Morgan fingerprint density at radius 2 is 1.91 bits per heavy atom. The Labute approximate surface area is 130 Å². The van der Waals surface area contributed by atoms with Crippen molar-refractivity contribution in [2.75, 3.05) is 11.4 Å². The molecule has 0 aliphatic carbocycles. The Bertz CT molecular complexity index is 850. The molecular weight excluding hydrogens is 303 g/mol. The van der Waals surface area contributed by atoms with E-state index in [-0.39, 0.29) is 0 Å². The van der Waals surface area contributed by atoms with Crippen LogP contribution in [0.5, 0.6) is 0 Å². The van der Waals surface area contributed by atoms with Crippen molar-refractivity contribution in [3.05, 3.63) is 59.4 Å². The molecule has 0 bridgehead atoms. The van der Waals surface area contributed by atoms with E-state index < -0.39 is 11.7 Å². The maximum Gasteiger partial charge on any atom is 0.417 e. The van der Waals surface area contributed by atoms with E-state index in [1.165, 1.54) is 22.7 Å². The summed E-state index contributed by atoms with van der Waals surface area (Å²) in [5.74, 6) is 0.578. The molecule has 3 nitrogen and oxygen atoms in total. The number of halogens is 3. The molecule has 23 heavy (non-hydrogen) atoms. The van der Waals surface area contributed by atoms with Gasteiger partial charge in [0.25, 0.3) is 0 Å². The number of pyridine rings is 1. The number of hydrogen-bond donors (Lipinski definition) is 1. The Morgan fingerprint density at radius 3 is 2.65 bits per heavy atom. The topological polar surface area (TPSA) is 31.9 Å². The van der Waals surface area contributed by atoms with Gasteiger partial charge in [0.1, 0.15) is 5.82 Å². The minimum absolute atomic E-state index is 0.578. The molecule has 3 heterocycles. The van der Waals surface area contributed by atoms with Crippen LogP contribution in [0.4, 0.5) is 19.0 Å². The van der Waals surface area contributed by atoms with Crippen LogP contribution >= 0.6 is 0 Å². The molecule has 1 aliphatic rings. The molecule has 0 atom stereocenters. The third kappa shape index (κ3) is 2.44. The zero-order chi connectivity index (χ0) is 16.0. The van der Waals surface area contributed by atoms with Gasteiger partial charge in [-0.3, -0.25) is 0 Å². The molecule has 0 radical (unpaired) electrons. The smallest absolute Gasteiger partial charge is 0.358 e. The Hall–Kier alpha value is -2.50. The fourth-order valence-corrected chi connectivity index (χ4v) is 3.10. The van der Waals surface area contributed by atoms with Gasteiger partial charge >= 0.3 is 6.18 Å². The molecule has 6 heteroatoms. The summed E-state index contributed by atoms with van der Waals surface area (Å²) < 4.78 is 37.9. The summed E-state index contributed by atoms with van der Waals surface area (Å²) in [6.07, 6.45) is -2.62. The van der Waals surface area contributed by atoms with Crippen molar-refractivity contribution in [1.82, 2.24) is 9.97 Å². The van der Waals surface area contributed by atoms with Crippen molar-refractivity contribution < 1.29 is 13.2 Å². The minimum atomic E-state index is -4.35. The Kier molecular flexibility index (Phi) is 3.07. The van der Waals surface area contributed by atoms with Crippen molar-refractivity contribution in [3.63, 3.8) is 0 Å². The van der Waals surface area contributed by atoms with E-state index >= 15 is 0 Å². The van der Waals surface area contributed by atoms with Gasteiger partial charge in [-0.2, -0.15) is 13.2 Å². The van der Waals surface area contributed by atoms with E-state index in [0.717, 1.165) is 30.7 Å². The number of benzene rings is 1. The number of nitrogens with one attached hydrogen (secondary N) is 1. The molecular formula is C17H14F3N3. The SMILES string of the molecule is FC(F)(F)c1ccc(N2CCc3[nH]c4ccccc4c3C2)nc1. The third-order valence-corrected chi connectivity index (χ3v) is 4.28. The fraction of sp³-hybridized carbons (Fsp3) is 0.235. The van der Waals surface area contributed by atoms with Gasteiger partial charge in [-0.05, 0) is 18.2 Å². The second-order valence-corrected chi connectivity index (χ2v) is 5.70. The largest absolute Gasteiger partial charge is 0.417 e. The van der Waals surface area contributed by atoms with Crippen LogP contribution < -0.4 is 4.90 Å². The van der Waals surface area contributed by atoms with Gasteiger partial charge < -0.3 is 9.88 Å². The molecule has 0 amide bonds. The lowest BCUT2D eigenvalue weighted by atomic mass is 10.0. The molecule has 0 unspecified atom stereocenters. The van der Waals surface area contributed by atoms with Crippen LogP contribution in [0.3, 0.4) is 0 Å². The average molecular weight is 317 g/mol. The monoisotopic (exact) mass is 317 g/mol. The first-order valence-corrected chi connectivity index (χ1v) is 7.39. The highest BCUT2D eigenvalue weighted by Gasteiger charge is 2.31. The molecule has 2 aromatic heterocycles. The van der Waals surface area contributed by atoms with Crippen LogP contribution in [0.15, 0.2) is 42.6 Å². The number of aromatic amines is 1. The van der Waals surface area contributed by atoms with E-state index in [2.05, 4.69) is 16.0 Å². The molecule has 0 fully saturated rings. The maximum absolute atomic E-state index is 12.6. The standard InChI is InChI=1S/C17H14F3N3/c18-17(19,20)11-5-6-16(21-9-11)23-8-7-15-13(10-23)12-3-1-2-4-14(12)22-15/h1-6,9,22H,7-8,10H2. The summed E-state index contributed by atoms with van der Waals surface area (Å²) >= 11 is 0. The molecule has 118 valence electrons. The summed E-state index contributed by atoms with van der Waals surface area (Å²) in [5.41, 5.74) is 2.79. The number of aromatic nitrogens is 2. The summed E-state index contributed by atoms with van der Waals surface area (Å²) in [6, 6.07) is 10.6. The second-order valence-electron chi connectivity index (χ2n) is 5.70. The molecule has 0 saturated heterocycles. The van der Waals surface area contributed by atoms with Crippen LogP contribution in [0.25, 0.3) is 10.9 Å². The van der Waals surface area contributed by atoms with Crippen LogP contribution in [0.1, 0.15) is 16.8 Å². The first-order valence-electron chi connectivity index (χ1n) is 7.39. The van der Waals surface area contributed by atoms with Gasteiger partial charge in [-0.1, -0.05) is 18.2 Å². The lowest BCUT2D eigenvalue weighted by Gasteiger charge is -2.28. The number of anilines is 1. The highest BCUT2D eigenvalue weighted by atomic mass is 19.4. The van der Waals surface area contributed by atoms with Crippen molar-refractivity contribution in [3.8, 4) is 0 Å². The second kappa shape index (κ2) is 5.01. The van der Waals surface area contributed by atoms with Gasteiger partial charge in [0.05, 0.1) is 5.56 Å². The first kappa shape index (κ1) is 14.1. The zero-order valence-corrected chi connectivity index (χ0v) is 12.2. The number of rotatable bonds is 1. The number of para-hydroxylation sites is 1. The van der Waals surface area contributed by atoms with Gasteiger partial charge in [0, 0.05) is 47.9 Å². The molecule has 0 saturated carbocycles. The predicted octanol–water partition coefficient (Wildman–Crippen LogP) is 4.14. The number of alkyl halides is 3. The van der Waals surface area contributed by atoms with Gasteiger partial charge in [-0.25, -0.2) is 4.98 Å². The van der Waals surface area contributed by atoms with Crippen LogP contribution in [-0.4, -0.2) is 16.5 Å². The average Bonchev–Trinajstić information content (AvgIpc) is 2.92. The molecule has 1 aliphatic heterocycles. The summed E-state index contributed by atoms with van der Waals surface area (Å²) in [4.78, 5) is 9.44. The lowest BCUT2D eigenvalue weighted by Crippen LogP contribution is -2.30. The fourth-order valence-electron chi connectivity index (χ4n) is 3.10. The normalized spacial score (nSPS) is 15.0. The van der Waals surface area contributed by atoms with Gasteiger partial charge in [0.15, 0.2) is 0 Å². The number of nitrogens with zero attached hydrogens (tertiary/aromatic N) is 2. The van der Waals surface area contributed by atoms with E-state index in [1.807, 2.05) is 23.1 Å². The lowest BCUT2D eigenvalue weighted by molar-refractivity contribution is -0.137. The Balaban J connectivity index is 1.65. The molecule has 1 aromatic carbocycles. The molecule has 0 spiro atoms. The molecule has 3 aromatic rings. The summed E-state index contributed by atoms with van der Waals surface area (Å²) in [6.45, 7) is 1.38. The van der Waals surface area contributed by atoms with Crippen molar-refractivity contribution in [2.24, 2.45) is 0 Å². The van der Waals surface area contributed by atoms with E-state index in [4.69, 9.17) is 0 Å². The first-order chi connectivity index (χ1) is 11.0. The minimum Gasteiger partial charge on any atom is -0.358 e. The van der Waals surface area contributed by atoms with Crippen molar-refractivity contribution >= 4 is 16.7 Å². The van der Waals surface area contributed by atoms with Gasteiger partial charge in [-0.15, -0.1) is 0 Å². The van der Waals surface area contributed by atoms with Crippen LogP contribution in [0, 0.1) is 0 Å². The van der Waals surface area contributed by atoms with Crippen LogP contribution in [-0.2, 0) is 19.1 Å². The zero-order valence-electron chi connectivity index (χ0n) is 12.2. The number of fused-ring (bicyclic) bond motifs is 3. The number of H-pyrrole nitrogens is 1. The molecule has 4 rings (SSSR count). The quantitative estimate of drug-likeness (QED) is 0.731. The third-order valence-electron chi connectivity index (χ3n) is 4.28. The van der Waals surface area contributed by atoms with E-state index in [9.17, 15) is 13.2 Å². The highest BCUT2D eigenvalue weighted by Crippen LogP contribution is 2.32. The maximum atomic E-state index is 12.6. The van der Waals surface area contributed by atoms with E-state index in [0.29, 0.717) is 12.4 Å². The van der Waals surface area contributed by atoms with Gasteiger partial charge in [0.2, 0.25) is 0 Å². The van der Waals surface area contributed by atoms with Crippen LogP contribution in [0.2, 0.25) is 0 Å². The molecule has 1 N–H and O–H groups in total. The van der Waals surface area contributed by atoms with Crippen molar-refractivity contribution in [2.45, 2.75) is 19.1 Å². The van der Waals surface area contributed by atoms with Crippen molar-refractivity contribution in [1.29, 1.82) is 0 Å². The Morgan fingerprint density at radius 1 is 1.09 bits per heavy atom. The summed E-state index contributed by atoms with van der Waals surface area (Å²) in [7, 11) is 0. The predicted molar refractivity (Wildman–Crippen MR) is 82.3 cm³/mol. The number of hydrogen-bond acceptors (Lipinski definition) is 2.